The van der Waals surface area contributed by atoms with Crippen molar-refractivity contribution in [1.82, 2.24) is 5.32 Å². The summed E-state index contributed by atoms with van der Waals surface area (Å²) in [5.41, 5.74) is 1.06. The molecule has 2 unspecified atom stereocenters. The molecule has 0 amide bonds. The molecule has 3 atom stereocenters. The zero-order valence-electron chi connectivity index (χ0n) is 13.7. The van der Waals surface area contributed by atoms with Crippen molar-refractivity contribution in [3.8, 4) is 0 Å². The molecule has 0 heterocycles. The summed E-state index contributed by atoms with van der Waals surface area (Å²) in [5, 5.41) is 12.7. The number of carboxylic acid groups (broad SMARTS) is 1. The van der Waals surface area contributed by atoms with Crippen LogP contribution in [-0.2, 0) is 11.2 Å². The van der Waals surface area contributed by atoms with Gasteiger partial charge in [-0.1, -0.05) is 51.1 Å². The summed E-state index contributed by atoms with van der Waals surface area (Å²) in [7, 11) is 0. The minimum absolute atomic E-state index is 0.212. The topological polar surface area (TPSA) is 49.3 Å². The van der Waals surface area contributed by atoms with Crippen molar-refractivity contribution in [3.63, 3.8) is 0 Å². The number of carboxylic acids is 1. The van der Waals surface area contributed by atoms with Gasteiger partial charge in [0, 0.05) is 6.04 Å². The lowest BCUT2D eigenvalue weighted by atomic mass is 9.92. The molecule has 0 fully saturated rings. The Kier molecular flexibility index (Phi) is 7.44. The molecular weight excluding hydrogens is 262 g/mol. The van der Waals surface area contributed by atoms with Crippen LogP contribution in [-0.4, -0.2) is 23.2 Å². The number of rotatable bonds is 9. The van der Waals surface area contributed by atoms with Gasteiger partial charge in [0.2, 0.25) is 0 Å². The average Bonchev–Trinajstić information content (AvgIpc) is 2.37. The van der Waals surface area contributed by atoms with Crippen LogP contribution in [0.5, 0.6) is 0 Å². The molecule has 1 aromatic rings. The molecule has 0 aliphatic heterocycles. The third kappa shape index (κ3) is 7.28. The molecule has 2 N–H and O–H groups in total. The minimum Gasteiger partial charge on any atom is -0.480 e. The number of hydrogen-bond donors (Lipinski definition) is 2. The Bertz CT molecular complexity index is 416. The number of nitrogens with one attached hydrogen (secondary N) is 1. The number of carbonyl (C=O) groups is 1. The van der Waals surface area contributed by atoms with Gasteiger partial charge in [-0.3, -0.25) is 4.79 Å². The molecular formula is C18H29NO2. The van der Waals surface area contributed by atoms with E-state index in [1.807, 2.05) is 30.3 Å². The van der Waals surface area contributed by atoms with E-state index < -0.39 is 12.0 Å². The molecule has 0 bridgehead atoms. The smallest absolute Gasteiger partial charge is 0.321 e. The van der Waals surface area contributed by atoms with Crippen LogP contribution in [0.1, 0.15) is 46.1 Å². The van der Waals surface area contributed by atoms with Crippen LogP contribution in [0.15, 0.2) is 30.3 Å². The fraction of sp³-hybridized carbons (Fsp3) is 0.611. The summed E-state index contributed by atoms with van der Waals surface area (Å²) in [5.74, 6) is 0.521. The van der Waals surface area contributed by atoms with E-state index in [1.165, 1.54) is 6.42 Å². The summed E-state index contributed by atoms with van der Waals surface area (Å²) >= 11 is 0. The standard InChI is InChI=1S/C18H29NO2/c1-13(2)10-14(3)11-15(4)19-17(18(20)21)12-16-8-6-5-7-9-16/h5-9,13-15,17,19H,10-12H2,1-4H3,(H,20,21)/t14?,15?,17-/m0/s1. The maximum Gasteiger partial charge on any atom is 0.321 e. The predicted octanol–water partition coefficient (Wildman–Crippen LogP) is 3.73. The second kappa shape index (κ2) is 8.83. The van der Waals surface area contributed by atoms with Crippen molar-refractivity contribution in [1.29, 1.82) is 0 Å². The lowest BCUT2D eigenvalue weighted by molar-refractivity contribution is -0.139. The highest BCUT2D eigenvalue weighted by atomic mass is 16.4. The van der Waals surface area contributed by atoms with Crippen molar-refractivity contribution in [2.75, 3.05) is 0 Å². The van der Waals surface area contributed by atoms with Crippen molar-refractivity contribution < 1.29 is 9.90 Å². The fourth-order valence-corrected chi connectivity index (χ4v) is 2.98. The Hall–Kier alpha value is -1.35. The quantitative estimate of drug-likeness (QED) is 0.729. The fourth-order valence-electron chi connectivity index (χ4n) is 2.98. The Balaban J connectivity index is 2.52. The van der Waals surface area contributed by atoms with Gasteiger partial charge in [-0.15, -0.1) is 0 Å². The summed E-state index contributed by atoms with van der Waals surface area (Å²) < 4.78 is 0. The Morgan fingerprint density at radius 1 is 1.10 bits per heavy atom. The first-order valence-electron chi connectivity index (χ1n) is 7.91. The van der Waals surface area contributed by atoms with Crippen LogP contribution >= 0.6 is 0 Å². The van der Waals surface area contributed by atoms with Crippen LogP contribution in [0.2, 0.25) is 0 Å². The number of benzene rings is 1. The van der Waals surface area contributed by atoms with Crippen LogP contribution in [0, 0.1) is 11.8 Å². The van der Waals surface area contributed by atoms with Gasteiger partial charge in [-0.2, -0.15) is 0 Å². The lowest BCUT2D eigenvalue weighted by Crippen LogP contribution is -2.44. The van der Waals surface area contributed by atoms with E-state index in [0.717, 1.165) is 12.0 Å². The van der Waals surface area contributed by atoms with Crippen LogP contribution in [0.25, 0.3) is 0 Å². The number of aliphatic carboxylic acids is 1. The molecule has 118 valence electrons. The second-order valence-corrected chi connectivity index (χ2v) is 6.62. The van der Waals surface area contributed by atoms with E-state index in [-0.39, 0.29) is 6.04 Å². The Morgan fingerprint density at radius 2 is 1.71 bits per heavy atom. The van der Waals surface area contributed by atoms with E-state index in [4.69, 9.17) is 0 Å². The zero-order chi connectivity index (χ0) is 15.8. The molecule has 0 radical (unpaired) electrons. The maximum absolute atomic E-state index is 11.4. The lowest BCUT2D eigenvalue weighted by Gasteiger charge is -2.23. The summed E-state index contributed by atoms with van der Waals surface area (Å²) in [6, 6.07) is 9.48. The van der Waals surface area contributed by atoms with E-state index in [0.29, 0.717) is 18.3 Å². The Morgan fingerprint density at radius 3 is 2.24 bits per heavy atom. The van der Waals surface area contributed by atoms with Crippen LogP contribution < -0.4 is 5.32 Å². The van der Waals surface area contributed by atoms with Gasteiger partial charge in [-0.05, 0) is 43.6 Å². The molecule has 3 heteroatoms. The Labute approximate surface area is 128 Å². The van der Waals surface area contributed by atoms with Crippen molar-refractivity contribution in [2.24, 2.45) is 11.8 Å². The molecule has 1 aromatic carbocycles. The van der Waals surface area contributed by atoms with Gasteiger partial charge in [0.25, 0.3) is 0 Å². The first-order valence-corrected chi connectivity index (χ1v) is 7.91. The molecule has 0 saturated carbocycles. The van der Waals surface area contributed by atoms with Crippen molar-refractivity contribution >= 4 is 5.97 Å². The first kappa shape index (κ1) is 17.7. The highest BCUT2D eigenvalue weighted by molar-refractivity contribution is 5.74. The van der Waals surface area contributed by atoms with Gasteiger partial charge in [-0.25, -0.2) is 0 Å². The average molecular weight is 291 g/mol. The first-order chi connectivity index (χ1) is 9.88. The molecule has 0 aliphatic carbocycles. The third-order valence-electron chi connectivity index (χ3n) is 3.70. The highest BCUT2D eigenvalue weighted by Crippen LogP contribution is 2.17. The molecule has 21 heavy (non-hydrogen) atoms. The molecule has 0 aromatic heterocycles. The van der Waals surface area contributed by atoms with Gasteiger partial charge in [0.15, 0.2) is 0 Å². The highest BCUT2D eigenvalue weighted by Gasteiger charge is 2.21. The number of hydrogen-bond acceptors (Lipinski definition) is 2. The van der Waals surface area contributed by atoms with Gasteiger partial charge < -0.3 is 10.4 Å². The summed E-state index contributed by atoms with van der Waals surface area (Å²) in [4.78, 5) is 11.4. The van der Waals surface area contributed by atoms with E-state index >= 15 is 0 Å². The van der Waals surface area contributed by atoms with Crippen molar-refractivity contribution in [2.45, 2.75) is 59.0 Å². The summed E-state index contributed by atoms with van der Waals surface area (Å²) in [6.07, 6.45) is 2.72. The van der Waals surface area contributed by atoms with E-state index in [9.17, 15) is 9.90 Å². The van der Waals surface area contributed by atoms with Gasteiger partial charge >= 0.3 is 5.97 Å². The monoisotopic (exact) mass is 291 g/mol. The molecule has 3 nitrogen and oxygen atoms in total. The molecule has 0 spiro atoms. The SMILES string of the molecule is CC(C)CC(C)CC(C)N[C@@H](Cc1ccccc1)C(=O)O. The largest absolute Gasteiger partial charge is 0.480 e. The second-order valence-electron chi connectivity index (χ2n) is 6.62. The predicted molar refractivity (Wildman–Crippen MR) is 87.4 cm³/mol. The normalized spacial score (nSPS) is 15.7. The summed E-state index contributed by atoms with van der Waals surface area (Å²) in [6.45, 7) is 8.77. The van der Waals surface area contributed by atoms with Crippen molar-refractivity contribution in [3.05, 3.63) is 35.9 Å². The minimum atomic E-state index is -0.776. The van der Waals surface area contributed by atoms with Crippen LogP contribution in [0.4, 0.5) is 0 Å². The molecule has 0 saturated heterocycles. The molecule has 0 aliphatic rings. The van der Waals surface area contributed by atoms with E-state index in [2.05, 4.69) is 33.0 Å². The molecule has 1 rings (SSSR count). The zero-order valence-corrected chi connectivity index (χ0v) is 13.7. The third-order valence-corrected chi connectivity index (χ3v) is 3.70. The van der Waals surface area contributed by atoms with Gasteiger partial charge in [0.05, 0.1) is 0 Å². The van der Waals surface area contributed by atoms with E-state index in [1.54, 1.807) is 0 Å². The van der Waals surface area contributed by atoms with Gasteiger partial charge in [0.1, 0.15) is 6.04 Å². The maximum atomic E-state index is 11.4. The van der Waals surface area contributed by atoms with Crippen LogP contribution in [0.3, 0.4) is 0 Å².